The average Bonchev–Trinajstić information content (AvgIpc) is 2.97. The largest absolute Gasteiger partial charge is 0.423 e. The molecule has 1 heterocycles. The number of esters is 1. The van der Waals surface area contributed by atoms with Gasteiger partial charge in [-0.3, -0.25) is 0 Å². The van der Waals surface area contributed by atoms with Crippen LogP contribution >= 0.6 is 0 Å². The molecular weight excluding hydrogens is 470 g/mol. The Morgan fingerprint density at radius 3 is 2.13 bits per heavy atom. The molecule has 5 heteroatoms. The molecule has 0 N–H and O–H groups in total. The number of benzene rings is 2. The van der Waals surface area contributed by atoms with Gasteiger partial charge in [-0.05, 0) is 91.6 Å². The maximum Gasteiger partial charge on any atom is 0.343 e. The summed E-state index contributed by atoms with van der Waals surface area (Å²) in [4.78, 5) is 21.6. The highest BCUT2D eigenvalue weighted by atomic mass is 16.5. The summed E-state index contributed by atoms with van der Waals surface area (Å²) in [6.45, 7) is 2.28. The van der Waals surface area contributed by atoms with E-state index in [-0.39, 0.29) is 0 Å². The number of unbranched alkanes of at least 4 members (excludes halogenated alkanes) is 6. The van der Waals surface area contributed by atoms with Crippen LogP contribution < -0.4 is 4.74 Å². The van der Waals surface area contributed by atoms with Crippen LogP contribution in [0.4, 0.5) is 0 Å². The van der Waals surface area contributed by atoms with E-state index in [4.69, 9.17) is 10.00 Å². The SMILES string of the molecule is CCCCCCCCC[C@H]1CC[C@H](c2cnc(-c3ccc(OC(=O)c4ccc(C#N)cc4)cc3)nc2)CC1. The molecule has 1 aliphatic carbocycles. The molecule has 0 saturated heterocycles. The molecule has 1 aromatic heterocycles. The minimum atomic E-state index is -0.458. The number of ether oxygens (including phenoxy) is 1. The first kappa shape index (κ1) is 27.5. The Morgan fingerprint density at radius 2 is 1.50 bits per heavy atom. The Balaban J connectivity index is 1.22. The third-order valence-corrected chi connectivity index (χ3v) is 7.78. The van der Waals surface area contributed by atoms with E-state index in [0.29, 0.717) is 28.6 Å². The number of aromatic nitrogens is 2. The summed E-state index contributed by atoms with van der Waals surface area (Å²) in [5.41, 5.74) is 3.03. The number of hydrogen-bond donors (Lipinski definition) is 0. The molecule has 1 fully saturated rings. The molecule has 0 bridgehead atoms. The first-order valence-electron chi connectivity index (χ1n) is 14.3. The van der Waals surface area contributed by atoms with E-state index >= 15 is 0 Å². The number of carbonyl (C=O) groups is 1. The molecule has 1 saturated carbocycles. The zero-order valence-electron chi connectivity index (χ0n) is 22.6. The zero-order chi connectivity index (χ0) is 26.6. The van der Waals surface area contributed by atoms with E-state index in [1.54, 1.807) is 36.4 Å². The molecule has 198 valence electrons. The molecule has 0 amide bonds. The lowest BCUT2D eigenvalue weighted by molar-refractivity contribution is 0.0735. The van der Waals surface area contributed by atoms with Crippen LogP contribution in [-0.2, 0) is 0 Å². The molecule has 3 aromatic rings. The van der Waals surface area contributed by atoms with E-state index in [1.165, 1.54) is 82.6 Å². The standard InChI is InChI=1S/C33H39N3O2/c1-2-3-4-5-6-7-8-9-25-10-14-27(15-11-25)30-23-35-32(36-24-30)28-18-20-31(21-19-28)38-33(37)29-16-12-26(22-34)13-17-29/h12-13,16-21,23-25,27H,2-11,14-15H2,1H3/t25-,27-. The van der Waals surface area contributed by atoms with Gasteiger partial charge in [0, 0.05) is 18.0 Å². The highest BCUT2D eigenvalue weighted by Crippen LogP contribution is 2.37. The second-order valence-electron chi connectivity index (χ2n) is 10.6. The summed E-state index contributed by atoms with van der Waals surface area (Å²) in [6, 6.07) is 15.7. The Bertz CT molecular complexity index is 1170. The van der Waals surface area contributed by atoms with Crippen molar-refractivity contribution in [2.24, 2.45) is 5.92 Å². The lowest BCUT2D eigenvalue weighted by Crippen LogP contribution is -2.14. The minimum absolute atomic E-state index is 0.402. The summed E-state index contributed by atoms with van der Waals surface area (Å²) in [6.07, 6.45) is 20.2. The Kier molecular flexibility index (Phi) is 10.4. The average molecular weight is 510 g/mol. The fraction of sp³-hybridized carbons (Fsp3) is 0.455. The number of nitriles is 1. The van der Waals surface area contributed by atoms with E-state index in [0.717, 1.165) is 11.5 Å². The van der Waals surface area contributed by atoms with Crippen molar-refractivity contribution >= 4 is 5.97 Å². The van der Waals surface area contributed by atoms with Gasteiger partial charge in [-0.1, -0.05) is 58.3 Å². The van der Waals surface area contributed by atoms with Crippen LogP contribution in [0.2, 0.25) is 0 Å². The molecule has 4 rings (SSSR count). The quantitative estimate of drug-likeness (QED) is 0.139. The van der Waals surface area contributed by atoms with Gasteiger partial charge in [0.1, 0.15) is 5.75 Å². The summed E-state index contributed by atoms with van der Waals surface area (Å²) < 4.78 is 5.46. The molecule has 0 radical (unpaired) electrons. The second-order valence-corrected chi connectivity index (χ2v) is 10.6. The molecule has 0 aliphatic heterocycles. The molecule has 5 nitrogen and oxygen atoms in total. The van der Waals surface area contributed by atoms with Crippen LogP contribution in [0.3, 0.4) is 0 Å². The third kappa shape index (κ3) is 7.99. The summed E-state index contributed by atoms with van der Waals surface area (Å²) in [5, 5.41) is 8.89. The van der Waals surface area contributed by atoms with Gasteiger partial charge in [-0.15, -0.1) is 0 Å². The highest BCUT2D eigenvalue weighted by molar-refractivity contribution is 5.91. The Hall–Kier alpha value is -3.52. The second kappa shape index (κ2) is 14.4. The van der Waals surface area contributed by atoms with Crippen LogP contribution in [0.5, 0.6) is 5.75 Å². The van der Waals surface area contributed by atoms with Crippen molar-refractivity contribution in [3.8, 4) is 23.2 Å². The van der Waals surface area contributed by atoms with Gasteiger partial charge >= 0.3 is 5.97 Å². The fourth-order valence-electron chi connectivity index (χ4n) is 5.39. The molecule has 1 aliphatic rings. The van der Waals surface area contributed by atoms with Crippen molar-refractivity contribution in [3.63, 3.8) is 0 Å². The van der Waals surface area contributed by atoms with Crippen LogP contribution in [0.15, 0.2) is 60.9 Å². The highest BCUT2D eigenvalue weighted by Gasteiger charge is 2.22. The van der Waals surface area contributed by atoms with Gasteiger partial charge < -0.3 is 4.74 Å². The molecule has 38 heavy (non-hydrogen) atoms. The normalized spacial score (nSPS) is 17.1. The lowest BCUT2D eigenvalue weighted by Gasteiger charge is -2.28. The summed E-state index contributed by atoms with van der Waals surface area (Å²) in [5.74, 6) is 2.13. The van der Waals surface area contributed by atoms with Crippen molar-refractivity contribution in [2.75, 3.05) is 0 Å². The molecule has 0 spiro atoms. The van der Waals surface area contributed by atoms with Crippen LogP contribution in [0.25, 0.3) is 11.4 Å². The first-order valence-corrected chi connectivity index (χ1v) is 14.3. The summed E-state index contributed by atoms with van der Waals surface area (Å²) >= 11 is 0. The van der Waals surface area contributed by atoms with Crippen LogP contribution in [-0.4, -0.2) is 15.9 Å². The van der Waals surface area contributed by atoms with E-state index in [1.807, 2.05) is 30.6 Å². The van der Waals surface area contributed by atoms with E-state index < -0.39 is 5.97 Å². The van der Waals surface area contributed by atoms with Crippen molar-refractivity contribution in [1.29, 1.82) is 5.26 Å². The van der Waals surface area contributed by atoms with Gasteiger partial charge in [0.15, 0.2) is 5.82 Å². The fourth-order valence-corrected chi connectivity index (χ4v) is 5.39. The monoisotopic (exact) mass is 509 g/mol. The van der Waals surface area contributed by atoms with E-state index in [9.17, 15) is 4.79 Å². The number of rotatable bonds is 12. The molecule has 0 unspecified atom stereocenters. The maximum absolute atomic E-state index is 12.4. The minimum Gasteiger partial charge on any atom is -0.423 e. The molecule has 0 atom stereocenters. The predicted octanol–water partition coefficient (Wildman–Crippen LogP) is 8.65. The van der Waals surface area contributed by atoms with Gasteiger partial charge in [-0.2, -0.15) is 5.26 Å². The van der Waals surface area contributed by atoms with Crippen molar-refractivity contribution in [1.82, 2.24) is 9.97 Å². The predicted molar refractivity (Wildman–Crippen MR) is 151 cm³/mol. The Morgan fingerprint density at radius 1 is 0.868 bits per heavy atom. The van der Waals surface area contributed by atoms with Gasteiger partial charge in [-0.25, -0.2) is 14.8 Å². The van der Waals surface area contributed by atoms with Gasteiger partial charge in [0.05, 0.1) is 17.2 Å². The Labute approximate surface area is 227 Å². The van der Waals surface area contributed by atoms with Crippen LogP contribution in [0.1, 0.15) is 111 Å². The van der Waals surface area contributed by atoms with Crippen LogP contribution in [0, 0.1) is 17.2 Å². The van der Waals surface area contributed by atoms with Gasteiger partial charge in [0.25, 0.3) is 0 Å². The number of carbonyl (C=O) groups excluding carboxylic acids is 1. The lowest BCUT2D eigenvalue weighted by atomic mass is 9.77. The zero-order valence-corrected chi connectivity index (χ0v) is 22.6. The van der Waals surface area contributed by atoms with Crippen molar-refractivity contribution in [3.05, 3.63) is 77.6 Å². The van der Waals surface area contributed by atoms with Crippen molar-refractivity contribution < 1.29 is 9.53 Å². The van der Waals surface area contributed by atoms with E-state index in [2.05, 4.69) is 16.9 Å². The third-order valence-electron chi connectivity index (χ3n) is 7.78. The first-order chi connectivity index (χ1) is 18.7. The smallest absolute Gasteiger partial charge is 0.343 e. The number of nitrogens with zero attached hydrogens (tertiary/aromatic N) is 3. The van der Waals surface area contributed by atoms with Gasteiger partial charge in [0.2, 0.25) is 0 Å². The maximum atomic E-state index is 12.4. The van der Waals surface area contributed by atoms with Crippen molar-refractivity contribution in [2.45, 2.75) is 89.9 Å². The molecule has 2 aromatic carbocycles. The topological polar surface area (TPSA) is 75.9 Å². The molecular formula is C33H39N3O2. The summed E-state index contributed by atoms with van der Waals surface area (Å²) in [7, 11) is 0. The number of hydrogen-bond acceptors (Lipinski definition) is 5.